The van der Waals surface area contributed by atoms with Gasteiger partial charge in [0.05, 0.1) is 5.56 Å². The lowest BCUT2D eigenvalue weighted by Crippen LogP contribution is -2.35. The van der Waals surface area contributed by atoms with Crippen molar-refractivity contribution in [3.63, 3.8) is 0 Å². The topological polar surface area (TPSA) is 57.6 Å². The van der Waals surface area contributed by atoms with E-state index in [1.54, 1.807) is 12.1 Å². The number of hydrogen-bond donors (Lipinski definition) is 1. The Labute approximate surface area is 173 Å². The summed E-state index contributed by atoms with van der Waals surface area (Å²) in [7, 11) is 2.01. The van der Waals surface area contributed by atoms with Gasteiger partial charge in [-0.05, 0) is 66.0 Å². The number of hydrogen-bond acceptors (Lipinski definition) is 3. The van der Waals surface area contributed by atoms with E-state index in [-0.39, 0.29) is 22.2 Å². The molecule has 0 aliphatic heterocycles. The number of anilines is 1. The minimum atomic E-state index is -0.992. The van der Waals surface area contributed by atoms with E-state index >= 15 is 0 Å². The highest BCUT2D eigenvalue weighted by atomic mass is 16.4. The molecule has 0 atom stereocenters. The van der Waals surface area contributed by atoms with Crippen LogP contribution in [0, 0.1) is 0 Å². The monoisotopic (exact) mass is 393 g/mol. The maximum atomic E-state index is 13.5. The molecule has 0 saturated carbocycles. The molecule has 29 heavy (non-hydrogen) atoms. The van der Waals surface area contributed by atoms with E-state index in [1.165, 1.54) is 23.3 Å². The van der Waals surface area contributed by atoms with E-state index in [0.717, 1.165) is 25.1 Å². The number of fused-ring (bicyclic) bond motifs is 1. The van der Waals surface area contributed by atoms with Crippen LogP contribution >= 0.6 is 0 Å². The van der Waals surface area contributed by atoms with Gasteiger partial charge in [-0.1, -0.05) is 39.8 Å². The number of carboxylic acid groups (broad SMARTS) is 1. The molecule has 1 N–H and O–H groups in total. The van der Waals surface area contributed by atoms with Gasteiger partial charge in [0.2, 0.25) is 0 Å². The number of aromatic carboxylic acids is 1. The van der Waals surface area contributed by atoms with Crippen LogP contribution in [0.15, 0.2) is 36.4 Å². The molecule has 3 rings (SSSR count). The molecule has 1 aliphatic carbocycles. The molecule has 0 unspecified atom stereocenters. The number of rotatable bonds is 5. The van der Waals surface area contributed by atoms with Gasteiger partial charge in [0, 0.05) is 30.4 Å². The quantitative estimate of drug-likeness (QED) is 0.689. The molecule has 0 heterocycles. The molecule has 0 fully saturated rings. The van der Waals surface area contributed by atoms with Gasteiger partial charge in [-0.2, -0.15) is 0 Å². The molecule has 4 heteroatoms. The molecular formula is C25H31NO3. The fraction of sp³-hybridized carbons (Fsp3) is 0.440. The third kappa shape index (κ3) is 3.81. The zero-order valence-electron chi connectivity index (χ0n) is 18.3. The molecule has 1 aliphatic rings. The third-order valence-corrected chi connectivity index (χ3v) is 6.49. The van der Waals surface area contributed by atoms with Crippen molar-refractivity contribution in [3.8, 4) is 0 Å². The van der Waals surface area contributed by atoms with Crippen molar-refractivity contribution >= 4 is 17.4 Å². The van der Waals surface area contributed by atoms with Gasteiger partial charge >= 0.3 is 5.97 Å². The van der Waals surface area contributed by atoms with Gasteiger partial charge in [-0.25, -0.2) is 4.79 Å². The van der Waals surface area contributed by atoms with Gasteiger partial charge in [0.25, 0.3) is 0 Å². The van der Waals surface area contributed by atoms with Gasteiger partial charge in [-0.15, -0.1) is 0 Å². The van der Waals surface area contributed by atoms with Crippen molar-refractivity contribution in [1.29, 1.82) is 0 Å². The normalized spacial score (nSPS) is 16.8. The summed E-state index contributed by atoms with van der Waals surface area (Å²) in [5.74, 6) is -1.06. The average molecular weight is 394 g/mol. The van der Waals surface area contributed by atoms with Crippen molar-refractivity contribution in [1.82, 2.24) is 0 Å². The number of carbonyl (C=O) groups excluding carboxylic acids is 1. The summed E-state index contributed by atoms with van der Waals surface area (Å²) in [5, 5.41) is 9.13. The number of carbonyl (C=O) groups is 2. The highest BCUT2D eigenvalue weighted by Crippen LogP contribution is 2.47. The van der Waals surface area contributed by atoms with Crippen molar-refractivity contribution in [2.75, 3.05) is 18.5 Å². The molecule has 2 aromatic rings. The summed E-state index contributed by atoms with van der Waals surface area (Å²) in [4.78, 5) is 26.7. The minimum Gasteiger partial charge on any atom is -0.478 e. The van der Waals surface area contributed by atoms with E-state index in [9.17, 15) is 9.59 Å². The molecule has 0 bridgehead atoms. The predicted molar refractivity (Wildman–Crippen MR) is 118 cm³/mol. The van der Waals surface area contributed by atoms with E-state index in [1.807, 2.05) is 7.05 Å². The zero-order valence-corrected chi connectivity index (χ0v) is 18.3. The van der Waals surface area contributed by atoms with E-state index in [2.05, 4.69) is 51.7 Å². The summed E-state index contributed by atoms with van der Waals surface area (Å²) >= 11 is 0. The lowest BCUT2D eigenvalue weighted by atomic mass is 9.62. The minimum absolute atomic E-state index is 0.0103. The largest absolute Gasteiger partial charge is 0.478 e. The van der Waals surface area contributed by atoms with Gasteiger partial charge in [0.15, 0.2) is 5.78 Å². The van der Waals surface area contributed by atoms with Crippen molar-refractivity contribution in [3.05, 3.63) is 64.2 Å². The third-order valence-electron chi connectivity index (χ3n) is 6.49. The Bertz CT molecular complexity index is 955. The lowest BCUT2D eigenvalue weighted by molar-refractivity contribution is 0.0696. The molecule has 154 valence electrons. The molecule has 0 spiro atoms. The highest BCUT2D eigenvalue weighted by molar-refractivity contribution is 6.13. The second kappa shape index (κ2) is 7.33. The van der Waals surface area contributed by atoms with Crippen molar-refractivity contribution in [2.24, 2.45) is 0 Å². The fourth-order valence-electron chi connectivity index (χ4n) is 4.19. The van der Waals surface area contributed by atoms with Crippen LogP contribution in [-0.2, 0) is 10.8 Å². The number of carboxylic acids is 1. The van der Waals surface area contributed by atoms with E-state index in [4.69, 9.17) is 5.11 Å². The predicted octanol–water partition coefficient (Wildman–Crippen LogP) is 5.42. The zero-order chi connectivity index (χ0) is 21.6. The molecule has 0 amide bonds. The SMILES string of the molecule is CCN(C)c1cc2c(cc1C(=O)c1ccc(C(=O)O)cc1)C(C)(C)CCC2(C)C. The summed E-state index contributed by atoms with van der Waals surface area (Å²) in [6.07, 6.45) is 2.20. The van der Waals surface area contributed by atoms with E-state index in [0.29, 0.717) is 11.1 Å². The van der Waals surface area contributed by atoms with Crippen molar-refractivity contribution < 1.29 is 14.7 Å². The molecule has 0 aromatic heterocycles. The van der Waals surface area contributed by atoms with E-state index < -0.39 is 5.97 Å². The van der Waals surface area contributed by atoms with Crippen LogP contribution in [0.25, 0.3) is 0 Å². The van der Waals surface area contributed by atoms with Crippen LogP contribution in [0.3, 0.4) is 0 Å². The first kappa shape index (κ1) is 21.1. The van der Waals surface area contributed by atoms with Gasteiger partial charge in [0.1, 0.15) is 0 Å². The Morgan fingerprint density at radius 1 is 0.931 bits per heavy atom. The van der Waals surface area contributed by atoms with Crippen LogP contribution in [0.2, 0.25) is 0 Å². The van der Waals surface area contributed by atoms with Crippen LogP contribution in [-0.4, -0.2) is 30.5 Å². The van der Waals surface area contributed by atoms with Gasteiger partial charge < -0.3 is 10.0 Å². The van der Waals surface area contributed by atoms with Crippen LogP contribution < -0.4 is 4.90 Å². The first-order valence-corrected chi connectivity index (χ1v) is 10.3. The lowest BCUT2D eigenvalue weighted by Gasteiger charge is -2.43. The Morgan fingerprint density at radius 3 is 1.90 bits per heavy atom. The average Bonchev–Trinajstić information content (AvgIpc) is 2.69. The second-order valence-corrected chi connectivity index (χ2v) is 9.41. The smallest absolute Gasteiger partial charge is 0.335 e. The Hall–Kier alpha value is -2.62. The summed E-state index contributed by atoms with van der Waals surface area (Å²) in [6.45, 7) is 11.9. The molecule has 0 saturated heterocycles. The van der Waals surface area contributed by atoms with Crippen LogP contribution in [0.4, 0.5) is 5.69 Å². The Balaban J connectivity index is 2.19. The summed E-state index contributed by atoms with van der Waals surface area (Å²) in [5.41, 5.74) is 4.95. The Kier molecular flexibility index (Phi) is 5.33. The van der Waals surface area contributed by atoms with Gasteiger partial charge in [-0.3, -0.25) is 4.79 Å². The summed E-state index contributed by atoms with van der Waals surface area (Å²) in [6, 6.07) is 10.5. The van der Waals surface area contributed by atoms with Crippen LogP contribution in [0.5, 0.6) is 0 Å². The molecule has 0 radical (unpaired) electrons. The number of ketones is 1. The molecule has 4 nitrogen and oxygen atoms in total. The standard InChI is InChI=1S/C25H31NO3/c1-7-26(6)21-15-20-19(24(2,3)12-13-25(20,4)5)14-18(21)22(27)16-8-10-17(11-9-16)23(28)29/h8-11,14-15H,7,12-13H2,1-6H3,(H,28,29). The molecular weight excluding hydrogens is 362 g/mol. The number of benzene rings is 2. The maximum Gasteiger partial charge on any atom is 0.335 e. The maximum absolute atomic E-state index is 13.5. The van der Waals surface area contributed by atoms with Crippen molar-refractivity contribution in [2.45, 2.75) is 58.3 Å². The molecule has 2 aromatic carbocycles. The second-order valence-electron chi connectivity index (χ2n) is 9.41. The first-order valence-electron chi connectivity index (χ1n) is 10.3. The first-order chi connectivity index (χ1) is 13.5. The Morgan fingerprint density at radius 2 is 1.41 bits per heavy atom. The van der Waals surface area contributed by atoms with Crippen LogP contribution in [0.1, 0.15) is 84.9 Å². The summed E-state index contributed by atoms with van der Waals surface area (Å²) < 4.78 is 0. The fourth-order valence-corrected chi connectivity index (χ4v) is 4.19. The number of nitrogens with zero attached hydrogens (tertiary/aromatic N) is 1. The highest BCUT2D eigenvalue weighted by Gasteiger charge is 2.38.